The zero-order valence-corrected chi connectivity index (χ0v) is 15.5. The molecule has 0 saturated carbocycles. The molecule has 0 saturated heterocycles. The molecule has 1 rings (SSSR count). The normalized spacial score (nSPS) is 13.3. The van der Waals surface area contributed by atoms with Crippen molar-refractivity contribution in [2.75, 3.05) is 0 Å². The molecule has 0 amide bonds. The van der Waals surface area contributed by atoms with E-state index in [4.69, 9.17) is 15.4 Å². The van der Waals surface area contributed by atoms with E-state index < -0.39 is 15.0 Å². The van der Waals surface area contributed by atoms with E-state index in [0.717, 1.165) is 6.42 Å². The summed E-state index contributed by atoms with van der Waals surface area (Å²) in [5, 5.41) is 0. The Balaban J connectivity index is 3.12. The first-order chi connectivity index (χ1) is 9.52. The fourth-order valence-electron chi connectivity index (χ4n) is 1.96. The van der Waals surface area contributed by atoms with Gasteiger partial charge in [-0.1, -0.05) is 29.8 Å². The van der Waals surface area contributed by atoms with Crippen molar-refractivity contribution in [3.63, 3.8) is 0 Å². The number of rotatable bonds is 5. The van der Waals surface area contributed by atoms with Crippen molar-refractivity contribution in [2.24, 2.45) is 5.92 Å². The second-order valence-electron chi connectivity index (χ2n) is 5.36. The molecule has 0 N–H and O–H groups in total. The maximum atomic E-state index is 12.2. The smallest absolute Gasteiger partial charge is 0.338 e. The zero-order valence-electron chi connectivity index (χ0n) is 12.3. The van der Waals surface area contributed by atoms with Crippen LogP contribution in [0.25, 0.3) is 0 Å². The molecule has 0 spiro atoms. The third-order valence-corrected chi connectivity index (χ3v) is 5.09. The predicted octanol–water partition coefficient (Wildman–Crippen LogP) is 4.28. The quantitative estimate of drug-likeness (QED) is 0.549. The lowest BCUT2D eigenvalue weighted by Crippen LogP contribution is -2.18. The SMILES string of the molecule is Cc1c(Br)cc(S(=O)(=O)Cl)cc1C(=O)OC(C)CC(C)C. The van der Waals surface area contributed by atoms with Gasteiger partial charge in [0.15, 0.2) is 0 Å². The van der Waals surface area contributed by atoms with Crippen molar-refractivity contribution in [1.29, 1.82) is 0 Å². The highest BCUT2D eigenvalue weighted by atomic mass is 79.9. The Morgan fingerprint density at radius 2 is 1.90 bits per heavy atom. The predicted molar refractivity (Wildman–Crippen MR) is 86.3 cm³/mol. The molecular formula is C14H18BrClO4S. The van der Waals surface area contributed by atoms with E-state index in [1.165, 1.54) is 12.1 Å². The highest BCUT2D eigenvalue weighted by Crippen LogP contribution is 2.27. The van der Waals surface area contributed by atoms with Gasteiger partial charge in [-0.2, -0.15) is 0 Å². The number of halogens is 2. The van der Waals surface area contributed by atoms with Crippen LogP contribution in [0, 0.1) is 12.8 Å². The first-order valence-corrected chi connectivity index (χ1v) is 9.58. The van der Waals surface area contributed by atoms with E-state index in [1.807, 2.05) is 20.8 Å². The van der Waals surface area contributed by atoms with Crippen LogP contribution in [-0.4, -0.2) is 20.5 Å². The van der Waals surface area contributed by atoms with Crippen molar-refractivity contribution in [2.45, 2.75) is 45.1 Å². The average Bonchev–Trinajstić information content (AvgIpc) is 2.29. The van der Waals surface area contributed by atoms with Gasteiger partial charge in [-0.15, -0.1) is 0 Å². The van der Waals surface area contributed by atoms with Crippen molar-refractivity contribution in [3.05, 3.63) is 27.7 Å². The summed E-state index contributed by atoms with van der Waals surface area (Å²) < 4.78 is 28.7. The second kappa shape index (κ2) is 7.11. The Labute approximate surface area is 138 Å². The van der Waals surface area contributed by atoms with Crippen LogP contribution in [0.3, 0.4) is 0 Å². The van der Waals surface area contributed by atoms with E-state index in [-0.39, 0.29) is 16.6 Å². The standard InChI is InChI=1S/C14H18BrClO4S/c1-8(2)5-9(3)20-14(17)12-6-11(21(16,18)19)7-13(15)10(12)4/h6-9H,5H2,1-4H3. The highest BCUT2D eigenvalue weighted by molar-refractivity contribution is 9.10. The fourth-order valence-corrected chi connectivity index (χ4v) is 3.36. The van der Waals surface area contributed by atoms with Crippen LogP contribution in [0.5, 0.6) is 0 Å². The van der Waals surface area contributed by atoms with E-state index >= 15 is 0 Å². The van der Waals surface area contributed by atoms with Gasteiger partial charge >= 0.3 is 5.97 Å². The molecule has 1 unspecified atom stereocenters. The lowest BCUT2D eigenvalue weighted by Gasteiger charge is -2.16. The van der Waals surface area contributed by atoms with Gasteiger partial charge in [-0.05, 0) is 43.9 Å². The molecule has 0 aliphatic heterocycles. The first kappa shape index (κ1) is 18.5. The number of benzene rings is 1. The van der Waals surface area contributed by atoms with Crippen molar-refractivity contribution >= 4 is 41.6 Å². The Bertz CT molecular complexity index is 641. The molecule has 0 aromatic heterocycles. The van der Waals surface area contributed by atoms with E-state index in [1.54, 1.807) is 6.92 Å². The third-order valence-electron chi connectivity index (χ3n) is 2.93. The molecule has 0 bridgehead atoms. The van der Waals surface area contributed by atoms with Crippen LogP contribution >= 0.6 is 26.6 Å². The van der Waals surface area contributed by atoms with Gasteiger partial charge in [0.05, 0.1) is 16.6 Å². The lowest BCUT2D eigenvalue weighted by atomic mass is 10.1. The molecule has 0 fully saturated rings. The van der Waals surface area contributed by atoms with Crippen molar-refractivity contribution < 1.29 is 17.9 Å². The fraction of sp³-hybridized carbons (Fsp3) is 0.500. The maximum absolute atomic E-state index is 12.2. The number of hydrogen-bond acceptors (Lipinski definition) is 4. The van der Waals surface area contributed by atoms with Gasteiger partial charge in [-0.25, -0.2) is 13.2 Å². The molecular weight excluding hydrogens is 380 g/mol. The summed E-state index contributed by atoms with van der Waals surface area (Å²) in [4.78, 5) is 12.1. The van der Waals surface area contributed by atoms with Crippen LogP contribution < -0.4 is 0 Å². The van der Waals surface area contributed by atoms with Crippen molar-refractivity contribution in [3.8, 4) is 0 Å². The summed E-state index contributed by atoms with van der Waals surface area (Å²) in [7, 11) is 1.42. The Morgan fingerprint density at radius 3 is 2.38 bits per heavy atom. The van der Waals surface area contributed by atoms with Crippen LogP contribution in [0.1, 0.15) is 43.1 Å². The van der Waals surface area contributed by atoms with E-state index in [9.17, 15) is 13.2 Å². The summed E-state index contributed by atoms with van der Waals surface area (Å²) in [6.07, 6.45) is 0.492. The lowest BCUT2D eigenvalue weighted by molar-refractivity contribution is 0.0298. The number of carbonyl (C=O) groups is 1. The summed E-state index contributed by atoms with van der Waals surface area (Å²) in [5.74, 6) is -0.154. The van der Waals surface area contributed by atoms with E-state index in [0.29, 0.717) is 16.0 Å². The van der Waals surface area contributed by atoms with Crippen molar-refractivity contribution in [1.82, 2.24) is 0 Å². The number of carbonyl (C=O) groups excluding carboxylic acids is 1. The molecule has 1 aromatic rings. The Hall–Kier alpha value is -0.590. The molecule has 4 nitrogen and oxygen atoms in total. The topological polar surface area (TPSA) is 60.4 Å². The molecule has 7 heteroatoms. The van der Waals surface area contributed by atoms with Gasteiger partial charge in [0.1, 0.15) is 0 Å². The molecule has 0 aliphatic rings. The Kier molecular flexibility index (Phi) is 6.25. The maximum Gasteiger partial charge on any atom is 0.338 e. The average molecular weight is 398 g/mol. The van der Waals surface area contributed by atoms with Gasteiger partial charge in [0, 0.05) is 15.2 Å². The number of esters is 1. The molecule has 0 heterocycles. The molecule has 118 valence electrons. The van der Waals surface area contributed by atoms with Crippen LogP contribution in [-0.2, 0) is 13.8 Å². The zero-order chi connectivity index (χ0) is 16.4. The second-order valence-corrected chi connectivity index (χ2v) is 8.78. The third kappa shape index (κ3) is 5.27. The highest BCUT2D eigenvalue weighted by Gasteiger charge is 2.21. The van der Waals surface area contributed by atoms with Gasteiger partial charge in [0.2, 0.25) is 0 Å². The number of hydrogen-bond donors (Lipinski definition) is 0. The van der Waals surface area contributed by atoms with Crippen LogP contribution in [0.2, 0.25) is 0 Å². The minimum absolute atomic E-state index is 0.134. The van der Waals surface area contributed by atoms with Crippen LogP contribution in [0.15, 0.2) is 21.5 Å². The molecule has 1 aromatic carbocycles. The molecule has 1 atom stereocenters. The van der Waals surface area contributed by atoms with Gasteiger partial charge in [0.25, 0.3) is 9.05 Å². The number of ether oxygens (including phenoxy) is 1. The monoisotopic (exact) mass is 396 g/mol. The minimum atomic E-state index is -3.91. The largest absolute Gasteiger partial charge is 0.459 e. The Morgan fingerprint density at radius 1 is 1.33 bits per heavy atom. The van der Waals surface area contributed by atoms with Gasteiger partial charge in [-0.3, -0.25) is 0 Å². The molecule has 0 radical (unpaired) electrons. The molecule has 21 heavy (non-hydrogen) atoms. The van der Waals surface area contributed by atoms with Crippen LogP contribution in [0.4, 0.5) is 0 Å². The summed E-state index contributed by atoms with van der Waals surface area (Å²) in [6.45, 7) is 7.59. The van der Waals surface area contributed by atoms with Gasteiger partial charge < -0.3 is 4.74 Å². The van der Waals surface area contributed by atoms with E-state index in [2.05, 4.69) is 15.9 Å². The summed E-state index contributed by atoms with van der Waals surface area (Å²) in [5.41, 5.74) is 0.806. The first-order valence-electron chi connectivity index (χ1n) is 6.48. The summed E-state index contributed by atoms with van der Waals surface area (Å²) >= 11 is 3.23. The minimum Gasteiger partial charge on any atom is -0.459 e. The molecule has 0 aliphatic carbocycles. The summed E-state index contributed by atoms with van der Waals surface area (Å²) in [6, 6.07) is 2.61.